The SMILES string of the molecule is CC(=O)Nc1ccc([C@]2(C)CC[C@H](C)CN2C(=O)C(=O)Nc2cnc(N)c(C)c2)cc1. The van der Waals surface area contributed by atoms with Gasteiger partial charge in [-0.1, -0.05) is 19.1 Å². The van der Waals surface area contributed by atoms with E-state index in [2.05, 4.69) is 22.5 Å². The molecule has 0 aliphatic carbocycles. The van der Waals surface area contributed by atoms with Gasteiger partial charge in [0.15, 0.2) is 0 Å². The molecule has 164 valence electrons. The molecule has 1 aliphatic heterocycles. The van der Waals surface area contributed by atoms with Crippen LogP contribution in [0.15, 0.2) is 36.5 Å². The molecular formula is C23H29N5O3. The van der Waals surface area contributed by atoms with Gasteiger partial charge in [-0.05, 0) is 61.9 Å². The summed E-state index contributed by atoms with van der Waals surface area (Å²) in [6.45, 7) is 7.77. The molecule has 0 unspecified atom stereocenters. The van der Waals surface area contributed by atoms with Crippen molar-refractivity contribution in [3.63, 3.8) is 0 Å². The first kappa shape index (κ1) is 22.3. The number of aryl methyl sites for hydroxylation is 1. The van der Waals surface area contributed by atoms with Crippen LogP contribution in [0.1, 0.15) is 44.7 Å². The van der Waals surface area contributed by atoms with Crippen molar-refractivity contribution in [3.8, 4) is 0 Å². The largest absolute Gasteiger partial charge is 0.383 e. The van der Waals surface area contributed by atoms with Crippen LogP contribution in [0, 0.1) is 12.8 Å². The Morgan fingerprint density at radius 3 is 2.45 bits per heavy atom. The van der Waals surface area contributed by atoms with Gasteiger partial charge >= 0.3 is 11.8 Å². The van der Waals surface area contributed by atoms with Crippen LogP contribution in [0.25, 0.3) is 0 Å². The van der Waals surface area contributed by atoms with E-state index in [1.54, 1.807) is 17.9 Å². The molecule has 1 aliphatic rings. The number of nitrogens with one attached hydrogen (secondary N) is 2. The van der Waals surface area contributed by atoms with Crippen LogP contribution in [0.4, 0.5) is 17.2 Å². The molecule has 3 amide bonds. The first-order chi connectivity index (χ1) is 14.6. The number of hydrogen-bond donors (Lipinski definition) is 3. The Bertz CT molecular complexity index is 1000. The molecule has 0 bridgehead atoms. The van der Waals surface area contributed by atoms with E-state index in [-0.39, 0.29) is 11.8 Å². The van der Waals surface area contributed by atoms with E-state index in [0.29, 0.717) is 23.7 Å². The summed E-state index contributed by atoms with van der Waals surface area (Å²) in [7, 11) is 0. The number of anilines is 3. The maximum absolute atomic E-state index is 13.2. The van der Waals surface area contributed by atoms with E-state index < -0.39 is 17.4 Å². The van der Waals surface area contributed by atoms with Gasteiger partial charge in [0.2, 0.25) is 5.91 Å². The molecule has 8 heteroatoms. The van der Waals surface area contributed by atoms with Crippen molar-refractivity contribution in [1.29, 1.82) is 0 Å². The second-order valence-electron chi connectivity index (χ2n) is 8.47. The molecule has 1 aromatic carbocycles. The molecule has 1 aromatic heterocycles. The van der Waals surface area contributed by atoms with Gasteiger partial charge in [0.25, 0.3) is 0 Å². The molecule has 0 radical (unpaired) electrons. The Balaban J connectivity index is 1.84. The normalized spacial score (nSPS) is 20.8. The van der Waals surface area contributed by atoms with Gasteiger partial charge in [-0.3, -0.25) is 14.4 Å². The number of nitrogen functional groups attached to an aromatic ring is 1. The van der Waals surface area contributed by atoms with Crippen LogP contribution in [-0.4, -0.2) is 34.2 Å². The standard InChI is InChI=1S/C23H29N5O3/c1-14-9-10-23(4,17-5-7-18(8-6-17)26-16(3)29)28(13-14)22(31)21(30)27-19-11-15(2)20(24)25-12-19/h5-8,11-12,14H,9-10,13H2,1-4H3,(H2,24,25)(H,26,29)(H,27,30)/t14-,23-/m0/s1. The van der Waals surface area contributed by atoms with Crippen molar-refractivity contribution in [3.05, 3.63) is 47.7 Å². The fourth-order valence-corrected chi connectivity index (χ4v) is 3.95. The highest BCUT2D eigenvalue weighted by Crippen LogP contribution is 2.39. The quantitative estimate of drug-likeness (QED) is 0.656. The van der Waals surface area contributed by atoms with Crippen LogP contribution in [0.3, 0.4) is 0 Å². The zero-order valence-electron chi connectivity index (χ0n) is 18.4. The summed E-state index contributed by atoms with van der Waals surface area (Å²) >= 11 is 0. The van der Waals surface area contributed by atoms with Crippen LogP contribution in [0.2, 0.25) is 0 Å². The number of nitrogens with two attached hydrogens (primary N) is 1. The van der Waals surface area contributed by atoms with Gasteiger partial charge in [-0.2, -0.15) is 0 Å². The van der Waals surface area contributed by atoms with Gasteiger partial charge in [0.05, 0.1) is 17.4 Å². The maximum atomic E-state index is 13.2. The first-order valence-corrected chi connectivity index (χ1v) is 10.3. The first-order valence-electron chi connectivity index (χ1n) is 10.3. The molecule has 2 atom stereocenters. The smallest absolute Gasteiger partial charge is 0.313 e. The maximum Gasteiger partial charge on any atom is 0.313 e. The Hall–Kier alpha value is -3.42. The van der Waals surface area contributed by atoms with Gasteiger partial charge in [0.1, 0.15) is 5.82 Å². The van der Waals surface area contributed by atoms with Crippen LogP contribution in [0.5, 0.6) is 0 Å². The summed E-state index contributed by atoms with van der Waals surface area (Å²) < 4.78 is 0. The van der Waals surface area contributed by atoms with E-state index in [1.165, 1.54) is 13.1 Å². The summed E-state index contributed by atoms with van der Waals surface area (Å²) in [4.78, 5) is 43.0. The minimum absolute atomic E-state index is 0.147. The summed E-state index contributed by atoms with van der Waals surface area (Å²) in [6.07, 6.45) is 3.11. The Morgan fingerprint density at radius 2 is 1.84 bits per heavy atom. The fraction of sp³-hybridized carbons (Fsp3) is 0.391. The monoisotopic (exact) mass is 423 g/mol. The second kappa shape index (κ2) is 8.75. The summed E-state index contributed by atoms with van der Waals surface area (Å²) in [6, 6.07) is 9.10. The zero-order chi connectivity index (χ0) is 22.8. The van der Waals surface area contributed by atoms with Crippen molar-refractivity contribution in [2.45, 2.75) is 46.1 Å². The van der Waals surface area contributed by atoms with Crippen molar-refractivity contribution in [2.24, 2.45) is 5.92 Å². The molecular weight excluding hydrogens is 394 g/mol. The number of likely N-dealkylation sites (tertiary alicyclic amines) is 1. The second-order valence-corrected chi connectivity index (χ2v) is 8.47. The van der Waals surface area contributed by atoms with E-state index in [4.69, 9.17) is 5.73 Å². The van der Waals surface area contributed by atoms with Crippen molar-refractivity contribution < 1.29 is 14.4 Å². The summed E-state index contributed by atoms with van der Waals surface area (Å²) in [5.41, 5.74) is 7.85. The number of pyridine rings is 1. The molecule has 1 fully saturated rings. The van der Waals surface area contributed by atoms with Crippen molar-refractivity contribution in [1.82, 2.24) is 9.88 Å². The third-order valence-corrected chi connectivity index (χ3v) is 5.86. The van der Waals surface area contributed by atoms with Crippen LogP contribution in [-0.2, 0) is 19.9 Å². The highest BCUT2D eigenvalue weighted by Gasteiger charge is 2.43. The number of carbonyl (C=O) groups is 3. The minimum atomic E-state index is -0.707. The summed E-state index contributed by atoms with van der Waals surface area (Å²) in [5, 5.41) is 5.39. The number of nitrogens with zero attached hydrogens (tertiary/aromatic N) is 2. The minimum Gasteiger partial charge on any atom is -0.383 e. The molecule has 2 aromatic rings. The van der Waals surface area contributed by atoms with E-state index in [0.717, 1.165) is 24.0 Å². The zero-order valence-corrected chi connectivity index (χ0v) is 18.4. The van der Waals surface area contributed by atoms with E-state index in [9.17, 15) is 14.4 Å². The molecule has 2 heterocycles. The van der Waals surface area contributed by atoms with Gasteiger partial charge < -0.3 is 21.3 Å². The molecule has 1 saturated heterocycles. The third kappa shape index (κ3) is 4.84. The number of benzene rings is 1. The number of carbonyl (C=O) groups excluding carboxylic acids is 3. The summed E-state index contributed by atoms with van der Waals surface area (Å²) in [5.74, 6) is -0.782. The number of piperidine rings is 1. The molecule has 3 rings (SSSR count). The molecule has 31 heavy (non-hydrogen) atoms. The molecule has 8 nitrogen and oxygen atoms in total. The molecule has 4 N–H and O–H groups in total. The lowest BCUT2D eigenvalue weighted by molar-refractivity contribution is -0.150. The number of aromatic nitrogens is 1. The Morgan fingerprint density at radius 1 is 1.16 bits per heavy atom. The highest BCUT2D eigenvalue weighted by molar-refractivity contribution is 6.39. The number of amides is 3. The van der Waals surface area contributed by atoms with Crippen molar-refractivity contribution in [2.75, 3.05) is 22.9 Å². The fourth-order valence-electron chi connectivity index (χ4n) is 3.95. The lowest BCUT2D eigenvalue weighted by Gasteiger charge is -2.47. The lowest BCUT2D eigenvalue weighted by atomic mass is 9.79. The van der Waals surface area contributed by atoms with Crippen LogP contribution >= 0.6 is 0 Å². The van der Waals surface area contributed by atoms with E-state index >= 15 is 0 Å². The number of hydrogen-bond acceptors (Lipinski definition) is 5. The highest BCUT2D eigenvalue weighted by atomic mass is 16.2. The average Bonchev–Trinajstić information content (AvgIpc) is 2.72. The predicted octanol–water partition coefficient (Wildman–Crippen LogP) is 3.04. The van der Waals surface area contributed by atoms with Gasteiger partial charge in [-0.25, -0.2) is 4.98 Å². The topological polar surface area (TPSA) is 117 Å². The van der Waals surface area contributed by atoms with E-state index in [1.807, 2.05) is 31.2 Å². The Labute approximate surface area is 182 Å². The van der Waals surface area contributed by atoms with Gasteiger partial charge in [0, 0.05) is 19.2 Å². The molecule has 0 spiro atoms. The van der Waals surface area contributed by atoms with Crippen molar-refractivity contribution >= 4 is 34.9 Å². The number of rotatable bonds is 3. The predicted molar refractivity (Wildman–Crippen MR) is 120 cm³/mol. The Kier molecular flexibility index (Phi) is 6.29. The third-order valence-electron chi connectivity index (χ3n) is 5.86. The lowest BCUT2D eigenvalue weighted by Crippen LogP contribution is -2.55. The average molecular weight is 424 g/mol. The van der Waals surface area contributed by atoms with Crippen LogP contribution < -0.4 is 16.4 Å². The molecule has 0 saturated carbocycles. The van der Waals surface area contributed by atoms with Gasteiger partial charge in [-0.15, -0.1) is 0 Å².